The number of carbonyl (C=O) groups excluding carboxylic acids is 2. The van der Waals surface area contributed by atoms with E-state index in [1.54, 1.807) is 24.3 Å². The molecule has 1 aliphatic heterocycles. The lowest BCUT2D eigenvalue weighted by Crippen LogP contribution is -2.49. The van der Waals surface area contributed by atoms with E-state index < -0.39 is 5.91 Å². The van der Waals surface area contributed by atoms with Crippen molar-refractivity contribution in [2.75, 3.05) is 6.54 Å². The molecule has 1 saturated heterocycles. The molecule has 0 aromatic heterocycles. The van der Waals surface area contributed by atoms with Gasteiger partial charge in [-0.1, -0.05) is 24.3 Å². The first-order chi connectivity index (χ1) is 12.1. The number of nitrogens with two attached hydrogens (primary N) is 1. The molecule has 0 radical (unpaired) electrons. The number of carbonyl (C=O) groups is 2. The van der Waals surface area contributed by atoms with E-state index in [2.05, 4.69) is 24.3 Å². The lowest BCUT2D eigenvalue weighted by Gasteiger charge is -2.45. The van der Waals surface area contributed by atoms with E-state index in [1.165, 1.54) is 11.1 Å². The number of benzene rings is 2. The third kappa shape index (κ3) is 2.82. The summed E-state index contributed by atoms with van der Waals surface area (Å²) in [4.78, 5) is 26.3. The molecule has 2 aromatic carbocycles. The lowest BCUT2D eigenvalue weighted by atomic mass is 9.74. The second-order valence-electron chi connectivity index (χ2n) is 6.99. The number of rotatable bonds is 2. The predicted molar refractivity (Wildman–Crippen MR) is 96.5 cm³/mol. The summed E-state index contributed by atoms with van der Waals surface area (Å²) in [5, 5.41) is 0. The summed E-state index contributed by atoms with van der Waals surface area (Å²) in [5.74, 6) is 0.0265. The minimum Gasteiger partial charge on any atom is -0.366 e. The molecule has 0 saturated carbocycles. The van der Waals surface area contributed by atoms with Gasteiger partial charge < -0.3 is 10.6 Å². The van der Waals surface area contributed by atoms with Crippen molar-refractivity contribution in [2.45, 2.75) is 37.6 Å². The minimum atomic E-state index is -0.471. The van der Waals surface area contributed by atoms with Crippen LogP contribution in [0.3, 0.4) is 0 Å². The van der Waals surface area contributed by atoms with Gasteiger partial charge in [-0.2, -0.15) is 0 Å². The van der Waals surface area contributed by atoms with Crippen LogP contribution >= 0.6 is 0 Å². The molecule has 2 aromatic rings. The van der Waals surface area contributed by atoms with Crippen LogP contribution in [-0.4, -0.2) is 29.3 Å². The van der Waals surface area contributed by atoms with Gasteiger partial charge in [-0.3, -0.25) is 9.59 Å². The maximum absolute atomic E-state index is 13.1. The van der Waals surface area contributed by atoms with Gasteiger partial charge in [-0.25, -0.2) is 0 Å². The van der Waals surface area contributed by atoms with Crippen LogP contribution in [0.25, 0.3) is 0 Å². The zero-order chi connectivity index (χ0) is 17.4. The van der Waals surface area contributed by atoms with Crippen molar-refractivity contribution in [1.82, 2.24) is 4.90 Å². The van der Waals surface area contributed by atoms with Crippen LogP contribution in [0.1, 0.15) is 57.0 Å². The number of primary amides is 1. The first kappa shape index (κ1) is 15.9. The Bertz CT molecular complexity index is 813. The minimum absolute atomic E-state index is 0.0603. The van der Waals surface area contributed by atoms with Gasteiger partial charge in [-0.15, -0.1) is 0 Å². The molecule has 2 aliphatic rings. The average Bonchev–Trinajstić information content (AvgIpc) is 2.67. The fourth-order valence-corrected chi connectivity index (χ4v) is 4.40. The molecule has 4 rings (SSSR count). The molecule has 4 nitrogen and oxygen atoms in total. The molecule has 4 heteroatoms. The van der Waals surface area contributed by atoms with E-state index >= 15 is 0 Å². The first-order valence-electron chi connectivity index (χ1n) is 8.94. The number of nitrogens with zero attached hydrogens (tertiary/aromatic N) is 1. The molecule has 2 atom stereocenters. The van der Waals surface area contributed by atoms with Gasteiger partial charge in [0.05, 0.1) is 0 Å². The molecule has 1 aliphatic carbocycles. The maximum Gasteiger partial charge on any atom is 0.254 e. The molecule has 25 heavy (non-hydrogen) atoms. The molecule has 128 valence electrons. The largest absolute Gasteiger partial charge is 0.366 e. The summed E-state index contributed by atoms with van der Waals surface area (Å²) in [6.07, 6.45) is 4.22. The van der Waals surface area contributed by atoms with Crippen LogP contribution < -0.4 is 5.73 Å². The number of fused-ring (bicyclic) bond motifs is 3. The van der Waals surface area contributed by atoms with Gasteiger partial charge in [0, 0.05) is 29.6 Å². The summed E-state index contributed by atoms with van der Waals surface area (Å²) in [7, 11) is 0. The Hall–Kier alpha value is -2.62. The Morgan fingerprint density at radius 3 is 2.44 bits per heavy atom. The number of aryl methyl sites for hydroxylation is 1. The third-order valence-corrected chi connectivity index (χ3v) is 5.62. The fourth-order valence-electron chi connectivity index (χ4n) is 4.40. The Kier molecular flexibility index (Phi) is 4.04. The number of likely N-dealkylation sites (tertiary alicyclic amines) is 1. The number of piperidine rings is 1. The zero-order valence-electron chi connectivity index (χ0n) is 14.2. The normalized spacial score (nSPS) is 22.0. The first-order valence-corrected chi connectivity index (χ1v) is 8.94. The topological polar surface area (TPSA) is 63.4 Å². The smallest absolute Gasteiger partial charge is 0.254 e. The molecule has 0 bridgehead atoms. The van der Waals surface area contributed by atoms with Gasteiger partial charge >= 0.3 is 0 Å². The molecular weight excluding hydrogens is 312 g/mol. The number of hydrogen-bond donors (Lipinski definition) is 1. The van der Waals surface area contributed by atoms with E-state index in [4.69, 9.17) is 5.73 Å². The van der Waals surface area contributed by atoms with Crippen LogP contribution in [-0.2, 0) is 6.42 Å². The fraction of sp³-hybridized carbons (Fsp3) is 0.333. The summed E-state index contributed by atoms with van der Waals surface area (Å²) < 4.78 is 0. The Labute approximate surface area is 147 Å². The van der Waals surface area contributed by atoms with Crippen molar-refractivity contribution < 1.29 is 9.59 Å². The molecule has 1 unspecified atom stereocenters. The summed E-state index contributed by atoms with van der Waals surface area (Å²) in [5.41, 5.74) is 9.19. The van der Waals surface area contributed by atoms with E-state index in [0.717, 1.165) is 32.2 Å². The van der Waals surface area contributed by atoms with Crippen molar-refractivity contribution in [3.05, 3.63) is 70.8 Å². The summed E-state index contributed by atoms with van der Waals surface area (Å²) >= 11 is 0. The highest BCUT2D eigenvalue weighted by atomic mass is 16.2. The van der Waals surface area contributed by atoms with Gasteiger partial charge in [-0.05, 0) is 61.1 Å². The van der Waals surface area contributed by atoms with Crippen molar-refractivity contribution in [3.63, 3.8) is 0 Å². The van der Waals surface area contributed by atoms with Crippen molar-refractivity contribution in [1.29, 1.82) is 0 Å². The highest BCUT2D eigenvalue weighted by molar-refractivity contribution is 5.97. The zero-order valence-corrected chi connectivity index (χ0v) is 14.2. The highest BCUT2D eigenvalue weighted by Crippen LogP contribution is 2.41. The quantitative estimate of drug-likeness (QED) is 0.917. The van der Waals surface area contributed by atoms with E-state index in [9.17, 15) is 9.59 Å². The van der Waals surface area contributed by atoms with E-state index in [0.29, 0.717) is 17.0 Å². The predicted octanol–water partition coefficient (Wildman–Crippen LogP) is 3.12. The van der Waals surface area contributed by atoms with Crippen molar-refractivity contribution in [3.8, 4) is 0 Å². The second-order valence-corrected chi connectivity index (χ2v) is 6.99. The summed E-state index contributed by atoms with van der Waals surface area (Å²) in [6.45, 7) is 0.805. The van der Waals surface area contributed by atoms with Crippen molar-refractivity contribution in [2.24, 2.45) is 5.73 Å². The molecular formula is C21H22N2O2. The summed E-state index contributed by atoms with van der Waals surface area (Å²) in [6, 6.07) is 15.6. The van der Waals surface area contributed by atoms with E-state index in [1.807, 2.05) is 4.90 Å². The Morgan fingerprint density at radius 1 is 0.960 bits per heavy atom. The Balaban J connectivity index is 1.60. The van der Waals surface area contributed by atoms with Crippen LogP contribution in [0.15, 0.2) is 48.5 Å². The standard InChI is InChI=1S/C21H22N2O2/c22-20(24)15-7-9-16(10-8-15)21(25)23-13-3-6-18-17-5-2-1-4-14(17)11-12-19(18)23/h1-2,4-5,7-10,18-19H,3,6,11-13H2,(H2,22,24)/t18?,19-/m0/s1. The average molecular weight is 334 g/mol. The molecule has 0 spiro atoms. The van der Waals surface area contributed by atoms with Gasteiger partial charge in [0.1, 0.15) is 0 Å². The molecule has 2 amide bonds. The van der Waals surface area contributed by atoms with E-state index in [-0.39, 0.29) is 11.9 Å². The van der Waals surface area contributed by atoms with Crippen LogP contribution in [0.4, 0.5) is 0 Å². The van der Waals surface area contributed by atoms with Gasteiger partial charge in [0.25, 0.3) is 5.91 Å². The molecule has 1 fully saturated rings. The number of amides is 2. The second kappa shape index (κ2) is 6.36. The van der Waals surface area contributed by atoms with Crippen LogP contribution in [0.5, 0.6) is 0 Å². The van der Waals surface area contributed by atoms with Crippen LogP contribution in [0.2, 0.25) is 0 Å². The number of hydrogen-bond acceptors (Lipinski definition) is 2. The SMILES string of the molecule is NC(=O)c1ccc(C(=O)N2CCCC3c4ccccc4CC[C@@H]32)cc1. The van der Waals surface area contributed by atoms with Gasteiger partial charge in [0.15, 0.2) is 0 Å². The Morgan fingerprint density at radius 2 is 1.68 bits per heavy atom. The van der Waals surface area contributed by atoms with Crippen LogP contribution in [0, 0.1) is 0 Å². The van der Waals surface area contributed by atoms with Crippen molar-refractivity contribution >= 4 is 11.8 Å². The molecule has 2 N–H and O–H groups in total. The highest BCUT2D eigenvalue weighted by Gasteiger charge is 2.38. The molecule has 1 heterocycles. The van der Waals surface area contributed by atoms with Gasteiger partial charge in [0.2, 0.25) is 5.91 Å². The monoisotopic (exact) mass is 334 g/mol. The maximum atomic E-state index is 13.1. The third-order valence-electron chi connectivity index (χ3n) is 5.62. The lowest BCUT2D eigenvalue weighted by molar-refractivity contribution is 0.0546.